The standard InChI is InChI=1S/C18H24N2/c1-5-14-9-7-10-15(6-2)18(14)20(4)17-12-8-11-16(13-17)19-3/h7-13,19H,5-6H2,1-4H3. The summed E-state index contributed by atoms with van der Waals surface area (Å²) in [7, 11) is 4.11. The number of nitrogens with one attached hydrogen (secondary N) is 1. The van der Waals surface area contributed by atoms with E-state index in [9.17, 15) is 0 Å². The van der Waals surface area contributed by atoms with Gasteiger partial charge in [0.1, 0.15) is 0 Å². The molecule has 106 valence electrons. The highest BCUT2D eigenvalue weighted by atomic mass is 15.1. The molecule has 1 N–H and O–H groups in total. The summed E-state index contributed by atoms with van der Waals surface area (Å²) in [5.74, 6) is 0. The minimum absolute atomic E-state index is 1.05. The first-order valence-electron chi connectivity index (χ1n) is 7.33. The van der Waals surface area contributed by atoms with Crippen LogP contribution in [0, 0.1) is 0 Å². The monoisotopic (exact) mass is 268 g/mol. The van der Waals surface area contributed by atoms with Crippen LogP contribution in [0.25, 0.3) is 0 Å². The molecule has 0 saturated heterocycles. The maximum atomic E-state index is 3.20. The Bertz CT molecular complexity index is 553. The van der Waals surface area contributed by atoms with Crippen LogP contribution in [0.1, 0.15) is 25.0 Å². The van der Waals surface area contributed by atoms with Crippen molar-refractivity contribution in [3.63, 3.8) is 0 Å². The fraction of sp³-hybridized carbons (Fsp3) is 0.333. The molecule has 0 aliphatic carbocycles. The molecule has 0 bridgehead atoms. The largest absolute Gasteiger partial charge is 0.388 e. The summed E-state index contributed by atoms with van der Waals surface area (Å²) in [6, 6.07) is 15.2. The lowest BCUT2D eigenvalue weighted by atomic mass is 10.0. The molecule has 0 aliphatic heterocycles. The molecule has 0 aromatic heterocycles. The molecular weight excluding hydrogens is 244 g/mol. The second kappa shape index (κ2) is 6.47. The smallest absolute Gasteiger partial charge is 0.0472 e. The van der Waals surface area contributed by atoms with Crippen molar-refractivity contribution in [2.75, 3.05) is 24.3 Å². The van der Waals surface area contributed by atoms with Gasteiger partial charge >= 0.3 is 0 Å². The van der Waals surface area contributed by atoms with Crippen LogP contribution in [0.5, 0.6) is 0 Å². The quantitative estimate of drug-likeness (QED) is 0.851. The molecule has 0 saturated carbocycles. The zero-order valence-electron chi connectivity index (χ0n) is 12.9. The van der Waals surface area contributed by atoms with E-state index in [1.807, 2.05) is 7.05 Å². The van der Waals surface area contributed by atoms with Gasteiger partial charge in [-0.2, -0.15) is 0 Å². The van der Waals surface area contributed by atoms with Crippen LogP contribution >= 0.6 is 0 Å². The van der Waals surface area contributed by atoms with E-state index in [2.05, 4.69) is 73.6 Å². The van der Waals surface area contributed by atoms with Gasteiger partial charge in [-0.3, -0.25) is 0 Å². The highest BCUT2D eigenvalue weighted by Crippen LogP contribution is 2.32. The van der Waals surface area contributed by atoms with E-state index in [1.165, 1.54) is 22.5 Å². The molecule has 0 spiro atoms. The molecule has 0 atom stereocenters. The molecule has 0 heterocycles. The lowest BCUT2D eigenvalue weighted by molar-refractivity contribution is 1.04. The summed E-state index contributed by atoms with van der Waals surface area (Å²) in [5.41, 5.74) is 6.52. The van der Waals surface area contributed by atoms with Crippen molar-refractivity contribution in [2.45, 2.75) is 26.7 Å². The van der Waals surface area contributed by atoms with Crippen LogP contribution in [0.4, 0.5) is 17.1 Å². The Morgan fingerprint density at radius 3 is 2.10 bits per heavy atom. The molecule has 2 heteroatoms. The van der Waals surface area contributed by atoms with Gasteiger partial charge in [-0.25, -0.2) is 0 Å². The third-order valence-corrected chi connectivity index (χ3v) is 3.82. The van der Waals surface area contributed by atoms with Gasteiger partial charge in [0.15, 0.2) is 0 Å². The summed E-state index contributed by atoms with van der Waals surface area (Å²) in [4.78, 5) is 2.30. The zero-order valence-corrected chi connectivity index (χ0v) is 12.9. The lowest BCUT2D eigenvalue weighted by Gasteiger charge is -2.25. The lowest BCUT2D eigenvalue weighted by Crippen LogP contribution is -2.14. The van der Waals surface area contributed by atoms with E-state index in [-0.39, 0.29) is 0 Å². The van der Waals surface area contributed by atoms with Gasteiger partial charge in [-0.15, -0.1) is 0 Å². The minimum Gasteiger partial charge on any atom is -0.388 e. The fourth-order valence-corrected chi connectivity index (χ4v) is 2.65. The molecule has 0 radical (unpaired) electrons. The Morgan fingerprint density at radius 1 is 0.950 bits per heavy atom. The van der Waals surface area contributed by atoms with Crippen molar-refractivity contribution >= 4 is 17.1 Å². The molecule has 0 fully saturated rings. The van der Waals surface area contributed by atoms with E-state index >= 15 is 0 Å². The summed E-state index contributed by atoms with van der Waals surface area (Å²) < 4.78 is 0. The number of para-hydroxylation sites is 1. The molecule has 20 heavy (non-hydrogen) atoms. The fourth-order valence-electron chi connectivity index (χ4n) is 2.65. The Morgan fingerprint density at radius 2 is 1.55 bits per heavy atom. The predicted octanol–water partition coefficient (Wildman–Crippen LogP) is 4.62. The van der Waals surface area contributed by atoms with E-state index < -0.39 is 0 Å². The molecule has 2 rings (SSSR count). The first-order chi connectivity index (χ1) is 9.71. The van der Waals surface area contributed by atoms with Gasteiger partial charge in [0.05, 0.1) is 0 Å². The molecule has 0 aliphatic rings. The summed E-state index contributed by atoms with van der Waals surface area (Å²) in [6.45, 7) is 4.44. The topological polar surface area (TPSA) is 15.3 Å². The normalized spacial score (nSPS) is 10.4. The molecule has 2 aromatic rings. The van der Waals surface area contributed by atoms with Crippen LogP contribution in [-0.4, -0.2) is 14.1 Å². The number of hydrogen-bond acceptors (Lipinski definition) is 2. The highest BCUT2D eigenvalue weighted by Gasteiger charge is 2.12. The van der Waals surface area contributed by atoms with Gasteiger partial charge in [0, 0.05) is 31.2 Å². The molecular formula is C18H24N2. The maximum absolute atomic E-state index is 3.20. The Hall–Kier alpha value is -1.96. The first-order valence-corrected chi connectivity index (χ1v) is 7.33. The van der Waals surface area contributed by atoms with Crippen LogP contribution in [0.15, 0.2) is 42.5 Å². The Kier molecular flexibility index (Phi) is 4.67. The van der Waals surface area contributed by atoms with Gasteiger partial charge in [-0.1, -0.05) is 38.1 Å². The van der Waals surface area contributed by atoms with E-state index in [4.69, 9.17) is 0 Å². The highest BCUT2D eigenvalue weighted by molar-refractivity contribution is 5.71. The van der Waals surface area contributed by atoms with Crippen molar-refractivity contribution in [3.8, 4) is 0 Å². The minimum atomic E-state index is 1.05. The molecule has 2 aromatic carbocycles. The molecule has 0 unspecified atom stereocenters. The van der Waals surface area contributed by atoms with Crippen LogP contribution < -0.4 is 10.2 Å². The van der Waals surface area contributed by atoms with Gasteiger partial charge < -0.3 is 10.2 Å². The SMILES string of the molecule is CCc1cccc(CC)c1N(C)c1cccc(NC)c1. The van der Waals surface area contributed by atoms with E-state index in [1.54, 1.807) is 0 Å². The molecule has 2 nitrogen and oxygen atoms in total. The van der Waals surface area contributed by atoms with Gasteiger partial charge in [0.2, 0.25) is 0 Å². The number of rotatable bonds is 5. The number of hydrogen-bond donors (Lipinski definition) is 1. The number of benzene rings is 2. The van der Waals surface area contributed by atoms with Crippen LogP contribution in [-0.2, 0) is 12.8 Å². The second-order valence-corrected chi connectivity index (χ2v) is 4.99. The Labute approximate surface area is 122 Å². The Balaban J connectivity index is 2.49. The van der Waals surface area contributed by atoms with Crippen LogP contribution in [0.3, 0.4) is 0 Å². The van der Waals surface area contributed by atoms with E-state index in [0.29, 0.717) is 0 Å². The summed E-state index contributed by atoms with van der Waals surface area (Å²) in [6.07, 6.45) is 2.11. The van der Waals surface area contributed by atoms with Gasteiger partial charge in [0.25, 0.3) is 0 Å². The third-order valence-electron chi connectivity index (χ3n) is 3.82. The van der Waals surface area contributed by atoms with Gasteiger partial charge in [-0.05, 0) is 42.2 Å². The second-order valence-electron chi connectivity index (χ2n) is 4.99. The molecule has 0 amide bonds. The average molecular weight is 268 g/mol. The maximum Gasteiger partial charge on any atom is 0.0472 e. The number of aryl methyl sites for hydroxylation is 2. The van der Waals surface area contributed by atoms with Crippen molar-refractivity contribution in [2.24, 2.45) is 0 Å². The van der Waals surface area contributed by atoms with Crippen molar-refractivity contribution < 1.29 is 0 Å². The third kappa shape index (κ3) is 2.79. The van der Waals surface area contributed by atoms with E-state index in [0.717, 1.165) is 18.5 Å². The van der Waals surface area contributed by atoms with Crippen molar-refractivity contribution in [3.05, 3.63) is 53.6 Å². The van der Waals surface area contributed by atoms with Crippen molar-refractivity contribution in [1.82, 2.24) is 0 Å². The first kappa shape index (κ1) is 14.4. The summed E-state index contributed by atoms with van der Waals surface area (Å²) in [5, 5.41) is 3.20. The summed E-state index contributed by atoms with van der Waals surface area (Å²) >= 11 is 0. The number of anilines is 3. The average Bonchev–Trinajstić information content (AvgIpc) is 2.53. The van der Waals surface area contributed by atoms with Crippen LogP contribution in [0.2, 0.25) is 0 Å². The number of nitrogens with zero attached hydrogens (tertiary/aromatic N) is 1. The predicted molar refractivity (Wildman–Crippen MR) is 89.2 cm³/mol. The zero-order chi connectivity index (χ0) is 14.5. The van der Waals surface area contributed by atoms with Crippen molar-refractivity contribution in [1.29, 1.82) is 0 Å².